The minimum Gasteiger partial charge on any atom is -0.744 e. The lowest BCUT2D eigenvalue weighted by Crippen LogP contribution is -2.31. The summed E-state index contributed by atoms with van der Waals surface area (Å²) >= 11 is 0. The number of allylic oxidation sites excluding steroid dienone is 6. The van der Waals surface area contributed by atoms with Crippen LogP contribution in [0.5, 0.6) is 0 Å². The van der Waals surface area contributed by atoms with Crippen LogP contribution in [0.2, 0.25) is 0 Å². The summed E-state index contributed by atoms with van der Waals surface area (Å²) < 4.78 is 38.5. The molecule has 1 fully saturated rings. The number of anilines is 1. The van der Waals surface area contributed by atoms with Crippen molar-refractivity contribution in [3.8, 4) is 0 Å². The maximum Gasteiger partial charge on any atom is 0.333 e. The second kappa shape index (κ2) is 22.1. The molecule has 1 N–H and O–H groups in total. The monoisotopic (exact) mass is 935 g/mol. The summed E-state index contributed by atoms with van der Waals surface area (Å²) in [5, 5.41) is 14.7. The Morgan fingerprint density at radius 3 is 2.22 bits per heavy atom. The summed E-state index contributed by atoms with van der Waals surface area (Å²) in [6, 6.07) is 19.3. The van der Waals surface area contributed by atoms with E-state index in [9.17, 15) is 42.3 Å². The second-order valence-electron chi connectivity index (χ2n) is 18.3. The van der Waals surface area contributed by atoms with E-state index in [1.54, 1.807) is 18.2 Å². The molecule has 1 saturated heterocycles. The topological polar surface area (TPSA) is 199 Å². The van der Waals surface area contributed by atoms with Crippen LogP contribution in [-0.4, -0.2) is 76.4 Å². The number of rotatable bonds is 24. The lowest BCUT2D eigenvalue weighted by atomic mass is 9.81. The number of carbonyl (C=O) groups is 4. The van der Waals surface area contributed by atoms with Crippen LogP contribution in [0, 0.1) is 10.1 Å². The summed E-state index contributed by atoms with van der Waals surface area (Å²) in [4.78, 5) is 66.1. The lowest BCUT2D eigenvalue weighted by molar-refractivity contribution is -0.438. The smallest absolute Gasteiger partial charge is 0.333 e. The van der Waals surface area contributed by atoms with Crippen molar-refractivity contribution in [2.24, 2.45) is 0 Å². The molecule has 3 aromatic carbocycles. The Balaban J connectivity index is 1.06. The van der Waals surface area contributed by atoms with Crippen molar-refractivity contribution in [2.45, 2.75) is 127 Å². The van der Waals surface area contributed by atoms with Gasteiger partial charge in [0.1, 0.15) is 22.4 Å². The Morgan fingerprint density at radius 1 is 0.821 bits per heavy atom. The summed E-state index contributed by atoms with van der Waals surface area (Å²) in [6.07, 6.45) is 16.4. The number of carbonyl (C=O) groups excluding carboxylic acids is 4. The third-order valence-corrected chi connectivity index (χ3v) is 13.6. The van der Waals surface area contributed by atoms with Gasteiger partial charge in [0.25, 0.3) is 17.5 Å². The molecule has 16 heteroatoms. The molecule has 3 aromatic rings. The molecule has 0 saturated carbocycles. The van der Waals surface area contributed by atoms with Crippen molar-refractivity contribution in [1.82, 2.24) is 10.4 Å². The predicted molar refractivity (Wildman–Crippen MR) is 254 cm³/mol. The first-order valence-corrected chi connectivity index (χ1v) is 24.5. The van der Waals surface area contributed by atoms with E-state index in [0.29, 0.717) is 56.9 Å². The van der Waals surface area contributed by atoms with Crippen LogP contribution < -0.4 is 10.2 Å². The second-order valence-corrected chi connectivity index (χ2v) is 19.7. The van der Waals surface area contributed by atoms with Gasteiger partial charge in [-0.25, -0.2) is 13.2 Å². The van der Waals surface area contributed by atoms with Crippen molar-refractivity contribution in [2.75, 3.05) is 24.5 Å². The van der Waals surface area contributed by atoms with Gasteiger partial charge in [-0.3, -0.25) is 24.5 Å². The zero-order valence-corrected chi connectivity index (χ0v) is 39.6. The highest BCUT2D eigenvalue weighted by atomic mass is 32.2. The Kier molecular flexibility index (Phi) is 16.6. The standard InChI is InChI=1S/C51H61N5O10S/c1-50(2)41-19-12-13-20-43(41)53(33-15-7-11-23-49(60)66-55-47(58)30-31-48(55)59)45(50)21-9-5-10-22-46-51(3,4)42-35-40(67(63,64)65)28-29-44(42)54(46)34-14-6-8-17-39(57)18-16-32-52-36-37-24-26-38(27-25-37)56(61)62/h5,9-10,12-13,19-22,24-29,35,52H,6-8,11,14-18,23,30-34,36H2,1-4H3. The number of Topliss-reactive ketones (excluding diaryl/α,β-unsaturated/α-hetero) is 1. The number of para-hydroxylation sites is 1. The van der Waals surface area contributed by atoms with Crippen molar-refractivity contribution < 1.29 is 46.5 Å². The van der Waals surface area contributed by atoms with E-state index in [1.165, 1.54) is 29.8 Å². The number of unbranched alkanes of at least 4 members (excludes halogenated alkanes) is 4. The van der Waals surface area contributed by atoms with Crippen LogP contribution in [0.3, 0.4) is 0 Å². The number of imide groups is 1. The van der Waals surface area contributed by atoms with E-state index in [2.05, 4.69) is 46.8 Å². The zero-order valence-electron chi connectivity index (χ0n) is 38.8. The van der Waals surface area contributed by atoms with E-state index in [4.69, 9.17) is 4.84 Å². The van der Waals surface area contributed by atoms with Crippen LogP contribution in [0.25, 0.3) is 0 Å². The van der Waals surface area contributed by atoms with Crippen LogP contribution >= 0.6 is 0 Å². The molecule has 0 aromatic heterocycles. The maximum atomic E-state index is 12.7. The molecule has 3 aliphatic heterocycles. The first-order valence-electron chi connectivity index (χ1n) is 23.1. The Morgan fingerprint density at radius 2 is 1.51 bits per heavy atom. The molecule has 15 nitrogen and oxygen atoms in total. The fraction of sp³-hybridized carbons (Fsp3) is 0.431. The molecule has 67 heavy (non-hydrogen) atoms. The van der Waals surface area contributed by atoms with E-state index in [1.807, 2.05) is 50.3 Å². The number of hydrogen-bond donors (Lipinski definition) is 1. The molecule has 0 unspecified atom stereocenters. The number of nitrogens with one attached hydrogen (secondary N) is 1. The number of fused-ring (bicyclic) bond motifs is 2. The van der Waals surface area contributed by atoms with Gasteiger partial charge in [0.15, 0.2) is 5.71 Å². The van der Waals surface area contributed by atoms with Crippen molar-refractivity contribution in [1.29, 1.82) is 0 Å². The third kappa shape index (κ3) is 12.5. The zero-order chi connectivity index (χ0) is 48.4. The van der Waals surface area contributed by atoms with Crippen LogP contribution in [0.1, 0.15) is 121 Å². The summed E-state index contributed by atoms with van der Waals surface area (Å²) in [7, 11) is -4.67. The molecule has 0 atom stereocenters. The van der Waals surface area contributed by atoms with Crippen molar-refractivity contribution >= 4 is 56.5 Å². The molecular weight excluding hydrogens is 875 g/mol. The SMILES string of the molecule is CC1(C)C(/C=C/C=C/C=C2/N(CCCCCC(=O)CCCNCc3ccc([N+](=O)[O-])cc3)c3ccc(S(=O)(=O)[O-])cc3C2(C)C)=[N+](CCCCCC(=O)ON2C(=O)CCC2=O)c2ccccc21. The molecule has 2 amide bonds. The van der Waals surface area contributed by atoms with Gasteiger partial charge < -0.3 is 19.6 Å². The number of nitrogens with zero attached hydrogens (tertiary/aromatic N) is 4. The molecule has 0 spiro atoms. The van der Waals surface area contributed by atoms with Crippen LogP contribution in [-0.2, 0) is 51.5 Å². The number of non-ortho nitro benzene ring substituents is 1. The molecule has 0 bridgehead atoms. The highest BCUT2D eigenvalue weighted by molar-refractivity contribution is 7.85. The first kappa shape index (κ1) is 50.3. The highest BCUT2D eigenvalue weighted by Crippen LogP contribution is 2.48. The number of hydroxylamine groups is 2. The molecule has 3 aliphatic rings. The van der Waals surface area contributed by atoms with Gasteiger partial charge in [0.2, 0.25) is 5.69 Å². The average Bonchev–Trinajstić information content (AvgIpc) is 3.80. The lowest BCUT2D eigenvalue weighted by Gasteiger charge is -2.27. The number of hydrogen-bond acceptors (Lipinski definition) is 12. The molecule has 3 heterocycles. The Hall–Kier alpha value is -6.10. The van der Waals surface area contributed by atoms with Crippen LogP contribution in [0.4, 0.5) is 17.1 Å². The van der Waals surface area contributed by atoms with Gasteiger partial charge in [-0.1, -0.05) is 68.8 Å². The highest BCUT2D eigenvalue weighted by Gasteiger charge is 2.44. The summed E-state index contributed by atoms with van der Waals surface area (Å²) in [5.74, 6) is -1.38. The van der Waals surface area contributed by atoms with E-state index in [0.717, 1.165) is 66.0 Å². The molecule has 0 radical (unpaired) electrons. The van der Waals surface area contributed by atoms with Gasteiger partial charge in [-0.15, -0.1) is 5.06 Å². The minimum atomic E-state index is -4.67. The first-order chi connectivity index (χ1) is 31.9. The van der Waals surface area contributed by atoms with Gasteiger partial charge in [0.05, 0.1) is 15.2 Å². The van der Waals surface area contributed by atoms with Crippen molar-refractivity contribution in [3.63, 3.8) is 0 Å². The van der Waals surface area contributed by atoms with Gasteiger partial charge in [-0.2, -0.15) is 4.58 Å². The van der Waals surface area contributed by atoms with E-state index in [-0.39, 0.29) is 41.0 Å². The largest absolute Gasteiger partial charge is 0.744 e. The number of benzene rings is 3. The van der Waals surface area contributed by atoms with E-state index >= 15 is 0 Å². The summed E-state index contributed by atoms with van der Waals surface area (Å²) in [6.45, 7) is 11.0. The molecule has 0 aliphatic carbocycles. The molecule has 6 rings (SSSR count). The van der Waals surface area contributed by atoms with Gasteiger partial charge in [-0.05, 0) is 87.9 Å². The fourth-order valence-electron chi connectivity index (χ4n) is 9.08. The molecular formula is C51H61N5O10S. The normalized spacial score (nSPS) is 17.1. The molecule has 356 valence electrons. The number of amides is 2. The number of ketones is 1. The average molecular weight is 936 g/mol. The van der Waals surface area contributed by atoms with Crippen LogP contribution in [0.15, 0.2) is 108 Å². The third-order valence-electron chi connectivity index (χ3n) is 12.8. The fourth-order valence-corrected chi connectivity index (χ4v) is 9.58. The Labute approximate surface area is 393 Å². The Bertz CT molecular complexity index is 2580. The van der Waals surface area contributed by atoms with E-state index < -0.39 is 38.2 Å². The minimum absolute atomic E-state index is 0.0513. The van der Waals surface area contributed by atoms with Gasteiger partial charge in [0, 0.05) is 98.3 Å². The number of nitro groups is 1. The van der Waals surface area contributed by atoms with Gasteiger partial charge >= 0.3 is 5.97 Å². The quantitative estimate of drug-likeness (QED) is 0.0171. The summed E-state index contributed by atoms with van der Waals surface area (Å²) in [5.41, 5.74) is 6.08. The maximum absolute atomic E-state index is 12.7. The number of nitro benzene ring substituents is 1. The predicted octanol–water partition coefficient (Wildman–Crippen LogP) is 8.54. The van der Waals surface area contributed by atoms with Crippen molar-refractivity contribution in [3.05, 3.63) is 130 Å².